The Morgan fingerprint density at radius 1 is 1.42 bits per heavy atom. The lowest BCUT2D eigenvalue weighted by atomic mass is 10.1. The largest absolute Gasteiger partial charge is 0.432 e. The number of nitrogens with zero attached hydrogens (tertiary/aromatic N) is 3. The molecule has 0 aliphatic heterocycles. The molecule has 1 amide bonds. The number of imidazole rings is 1. The Morgan fingerprint density at radius 2 is 2.21 bits per heavy atom. The minimum absolute atomic E-state index is 0.343. The molecule has 0 atom stereocenters. The molecule has 0 bridgehead atoms. The number of rotatable bonds is 2. The molecule has 0 aliphatic rings. The van der Waals surface area contributed by atoms with Gasteiger partial charge in [-0.1, -0.05) is 0 Å². The number of hydrogen-bond acceptors (Lipinski definition) is 4. The van der Waals surface area contributed by atoms with Crippen molar-refractivity contribution < 1.29 is 9.63 Å². The number of carbonyl (C=O) groups is 1. The zero-order valence-corrected chi connectivity index (χ0v) is 11.1. The topological polar surface area (TPSA) is 69.0 Å². The van der Waals surface area contributed by atoms with Gasteiger partial charge in [0.1, 0.15) is 6.33 Å². The fourth-order valence-electron chi connectivity index (χ4n) is 1.44. The Morgan fingerprint density at radius 3 is 2.84 bits per heavy atom. The number of hydrogen-bond donors (Lipinski definition) is 1. The van der Waals surface area contributed by atoms with E-state index in [1.165, 1.54) is 11.1 Å². The molecule has 0 saturated carbocycles. The second-order valence-electron chi connectivity index (χ2n) is 5.11. The van der Waals surface area contributed by atoms with Crippen LogP contribution in [0.4, 0.5) is 4.79 Å². The molecule has 2 aromatic heterocycles. The number of amides is 1. The van der Waals surface area contributed by atoms with Crippen LogP contribution in [0.3, 0.4) is 0 Å². The average Bonchev–Trinajstić information content (AvgIpc) is 2.76. The monoisotopic (exact) mass is 260 g/mol. The number of pyridine rings is 1. The minimum Gasteiger partial charge on any atom is -0.316 e. The molecule has 2 rings (SSSR count). The minimum atomic E-state index is -0.525. The molecule has 6 heteroatoms. The summed E-state index contributed by atoms with van der Waals surface area (Å²) in [7, 11) is 0. The van der Waals surface area contributed by atoms with Crippen molar-refractivity contribution in [1.82, 2.24) is 20.0 Å². The van der Waals surface area contributed by atoms with Crippen LogP contribution < -0.4 is 10.2 Å². The summed E-state index contributed by atoms with van der Waals surface area (Å²) in [6, 6.07) is 3.70. The standard InChI is InChI=1S/C13H16N4O2/c1-13(2,3)16-12(18)19-17-8-11(15-9-17)10-5-4-6-14-7-10/h4-9H,1-3H3,(H,16,18). The van der Waals surface area contributed by atoms with E-state index in [-0.39, 0.29) is 5.54 Å². The molecule has 0 saturated heterocycles. The summed E-state index contributed by atoms with van der Waals surface area (Å²) in [6.07, 6.45) is 5.92. The van der Waals surface area contributed by atoms with Gasteiger partial charge in [0.2, 0.25) is 0 Å². The molecule has 0 spiro atoms. The summed E-state index contributed by atoms with van der Waals surface area (Å²) >= 11 is 0. The smallest absolute Gasteiger partial charge is 0.316 e. The van der Waals surface area contributed by atoms with Gasteiger partial charge in [0.25, 0.3) is 0 Å². The molecule has 100 valence electrons. The van der Waals surface area contributed by atoms with Gasteiger partial charge in [-0.25, -0.2) is 9.78 Å². The number of nitrogens with one attached hydrogen (secondary N) is 1. The van der Waals surface area contributed by atoms with Crippen LogP contribution in [0.1, 0.15) is 20.8 Å². The van der Waals surface area contributed by atoms with Crippen molar-refractivity contribution in [2.75, 3.05) is 0 Å². The Labute approximate surface area is 111 Å². The van der Waals surface area contributed by atoms with E-state index in [0.717, 1.165) is 5.56 Å². The van der Waals surface area contributed by atoms with E-state index < -0.39 is 6.09 Å². The van der Waals surface area contributed by atoms with Crippen LogP contribution in [0.2, 0.25) is 0 Å². The first-order valence-electron chi connectivity index (χ1n) is 5.89. The third-order valence-electron chi connectivity index (χ3n) is 2.18. The van der Waals surface area contributed by atoms with Gasteiger partial charge < -0.3 is 10.2 Å². The molecule has 0 aromatic carbocycles. The van der Waals surface area contributed by atoms with Crippen molar-refractivity contribution in [2.24, 2.45) is 0 Å². The molecule has 6 nitrogen and oxygen atoms in total. The maximum absolute atomic E-state index is 11.6. The normalized spacial score (nSPS) is 11.1. The molecule has 1 N–H and O–H groups in total. The van der Waals surface area contributed by atoms with Crippen LogP contribution in [0.25, 0.3) is 11.3 Å². The van der Waals surface area contributed by atoms with Crippen LogP contribution in [0.15, 0.2) is 37.1 Å². The fraction of sp³-hybridized carbons (Fsp3) is 0.308. The second kappa shape index (κ2) is 5.09. The van der Waals surface area contributed by atoms with Crippen LogP contribution >= 0.6 is 0 Å². The van der Waals surface area contributed by atoms with Crippen LogP contribution in [0.5, 0.6) is 0 Å². The van der Waals surface area contributed by atoms with E-state index in [0.29, 0.717) is 5.69 Å². The van der Waals surface area contributed by atoms with E-state index in [1.54, 1.807) is 18.6 Å². The van der Waals surface area contributed by atoms with Crippen LogP contribution in [0, 0.1) is 0 Å². The lowest BCUT2D eigenvalue weighted by molar-refractivity contribution is 0.125. The Kier molecular flexibility index (Phi) is 3.50. The summed E-state index contributed by atoms with van der Waals surface area (Å²) in [6.45, 7) is 5.63. The highest BCUT2D eigenvalue weighted by atomic mass is 16.7. The lowest BCUT2D eigenvalue weighted by Crippen LogP contribution is -2.44. The highest BCUT2D eigenvalue weighted by Gasteiger charge is 2.15. The number of aromatic nitrogens is 3. The van der Waals surface area contributed by atoms with Gasteiger partial charge in [-0.05, 0) is 32.9 Å². The van der Waals surface area contributed by atoms with E-state index in [1.807, 2.05) is 32.9 Å². The third-order valence-corrected chi connectivity index (χ3v) is 2.18. The SMILES string of the molecule is CC(C)(C)NC(=O)On1cnc(-c2cccnc2)c1. The van der Waals surface area contributed by atoms with Crippen molar-refractivity contribution in [2.45, 2.75) is 26.3 Å². The first-order valence-corrected chi connectivity index (χ1v) is 5.89. The zero-order chi connectivity index (χ0) is 13.9. The van der Waals surface area contributed by atoms with Crippen molar-refractivity contribution in [1.29, 1.82) is 0 Å². The molecular weight excluding hydrogens is 244 g/mol. The van der Waals surface area contributed by atoms with Crippen LogP contribution in [-0.4, -0.2) is 26.3 Å². The van der Waals surface area contributed by atoms with E-state index in [2.05, 4.69) is 15.3 Å². The summed E-state index contributed by atoms with van der Waals surface area (Å²) < 4.78 is 1.27. The van der Waals surface area contributed by atoms with E-state index >= 15 is 0 Å². The predicted octanol–water partition coefficient (Wildman–Crippen LogP) is 1.88. The number of carbonyl (C=O) groups excluding carboxylic acids is 1. The van der Waals surface area contributed by atoms with E-state index in [4.69, 9.17) is 4.84 Å². The molecule has 0 unspecified atom stereocenters. The summed E-state index contributed by atoms with van der Waals surface area (Å²) in [5.74, 6) is 0. The average molecular weight is 260 g/mol. The first kappa shape index (κ1) is 13.1. The van der Waals surface area contributed by atoms with Crippen molar-refractivity contribution >= 4 is 6.09 Å². The summed E-state index contributed by atoms with van der Waals surface area (Å²) in [5.41, 5.74) is 1.21. The van der Waals surface area contributed by atoms with Gasteiger partial charge in [0.05, 0.1) is 11.9 Å². The van der Waals surface area contributed by atoms with Gasteiger partial charge in [-0.15, -0.1) is 0 Å². The Balaban J connectivity index is 2.04. The molecule has 0 fully saturated rings. The fourth-order valence-corrected chi connectivity index (χ4v) is 1.44. The Bertz CT molecular complexity index is 558. The van der Waals surface area contributed by atoms with Gasteiger partial charge in [-0.2, -0.15) is 4.73 Å². The van der Waals surface area contributed by atoms with Crippen molar-refractivity contribution in [3.05, 3.63) is 37.1 Å². The van der Waals surface area contributed by atoms with Gasteiger partial charge in [0.15, 0.2) is 0 Å². The first-order chi connectivity index (χ1) is 8.94. The quantitative estimate of drug-likeness (QED) is 0.895. The van der Waals surface area contributed by atoms with Crippen LogP contribution in [-0.2, 0) is 0 Å². The van der Waals surface area contributed by atoms with Crippen molar-refractivity contribution in [3.63, 3.8) is 0 Å². The van der Waals surface area contributed by atoms with Gasteiger partial charge in [0, 0.05) is 23.5 Å². The Hall–Kier alpha value is -2.37. The molecule has 0 radical (unpaired) electrons. The third kappa shape index (κ3) is 3.80. The zero-order valence-electron chi connectivity index (χ0n) is 11.1. The lowest BCUT2D eigenvalue weighted by Gasteiger charge is -2.19. The maximum atomic E-state index is 11.6. The van der Waals surface area contributed by atoms with E-state index in [9.17, 15) is 4.79 Å². The predicted molar refractivity (Wildman–Crippen MR) is 70.3 cm³/mol. The summed E-state index contributed by atoms with van der Waals surface area (Å²) in [4.78, 5) is 24.8. The highest BCUT2D eigenvalue weighted by molar-refractivity contribution is 5.68. The molecule has 2 aromatic rings. The molecule has 19 heavy (non-hydrogen) atoms. The second-order valence-corrected chi connectivity index (χ2v) is 5.11. The molecule has 2 heterocycles. The highest BCUT2D eigenvalue weighted by Crippen LogP contribution is 2.14. The van der Waals surface area contributed by atoms with Gasteiger partial charge >= 0.3 is 6.09 Å². The molecular formula is C13H16N4O2. The van der Waals surface area contributed by atoms with Crippen molar-refractivity contribution in [3.8, 4) is 11.3 Å². The maximum Gasteiger partial charge on any atom is 0.432 e. The molecule has 0 aliphatic carbocycles. The summed E-state index contributed by atoms with van der Waals surface area (Å²) in [5, 5.41) is 2.69. The van der Waals surface area contributed by atoms with Gasteiger partial charge in [-0.3, -0.25) is 4.98 Å².